The van der Waals surface area contributed by atoms with Crippen molar-refractivity contribution in [2.75, 3.05) is 19.8 Å². The molecule has 1 unspecified atom stereocenters. The predicted octanol–water partition coefficient (Wildman–Crippen LogP) is 3.65. The maximum Gasteiger partial charge on any atom is 0.364 e. The van der Waals surface area contributed by atoms with Gasteiger partial charge in [0.25, 0.3) is 10.1 Å². The Balaban J connectivity index is 2.64. The summed E-state index contributed by atoms with van der Waals surface area (Å²) < 4.78 is 64.6. The smallest absolute Gasteiger partial charge is 0.307 e. The number of halogens is 1. The summed E-state index contributed by atoms with van der Waals surface area (Å²) in [7, 11) is -7.89. The molecule has 1 aromatic carbocycles. The van der Waals surface area contributed by atoms with Gasteiger partial charge in [-0.15, -0.1) is 0 Å². The van der Waals surface area contributed by atoms with E-state index in [2.05, 4.69) is 0 Å². The summed E-state index contributed by atoms with van der Waals surface area (Å²) in [6.07, 6.45) is -0.414. The fourth-order valence-electron chi connectivity index (χ4n) is 1.75. The van der Waals surface area contributed by atoms with Crippen LogP contribution in [0.15, 0.2) is 29.2 Å². The third-order valence-electron chi connectivity index (χ3n) is 2.87. The quantitative estimate of drug-likeness (QED) is 0.463. The Morgan fingerprint density at radius 2 is 1.65 bits per heavy atom. The first-order valence-corrected chi connectivity index (χ1v) is 10.3. The molecule has 1 aromatic rings. The van der Waals surface area contributed by atoms with Gasteiger partial charge in [0.05, 0.1) is 24.7 Å². The zero-order valence-corrected chi connectivity index (χ0v) is 15.1. The molecular weight excluding hydrogens is 346 g/mol. The lowest BCUT2D eigenvalue weighted by Crippen LogP contribution is -2.14. The first-order chi connectivity index (χ1) is 10.7. The lowest BCUT2D eigenvalue weighted by molar-refractivity contribution is 0.177. The second kappa shape index (κ2) is 8.89. The van der Waals surface area contributed by atoms with Crippen molar-refractivity contribution >= 4 is 17.7 Å². The van der Waals surface area contributed by atoms with Crippen LogP contribution in [0.2, 0.25) is 0 Å². The van der Waals surface area contributed by atoms with E-state index in [4.69, 9.17) is 13.2 Å². The molecular formula is C14H22FO6PS. The largest absolute Gasteiger partial charge is 0.364 e. The minimum atomic E-state index is -3.98. The van der Waals surface area contributed by atoms with Crippen LogP contribution < -0.4 is 0 Å². The molecule has 0 aliphatic heterocycles. The number of rotatable bonds is 10. The zero-order chi connectivity index (χ0) is 17.5. The topological polar surface area (TPSA) is 78.9 Å². The van der Waals surface area contributed by atoms with Gasteiger partial charge in [-0.05, 0) is 32.9 Å². The Labute approximate surface area is 136 Å². The summed E-state index contributed by atoms with van der Waals surface area (Å²) in [6, 6.07) is 6.07. The van der Waals surface area contributed by atoms with Gasteiger partial charge in [-0.2, -0.15) is 8.42 Å². The van der Waals surface area contributed by atoms with Crippen molar-refractivity contribution in [1.82, 2.24) is 0 Å². The number of hydrogen-bond acceptors (Lipinski definition) is 6. The number of alkyl halides is 1. The van der Waals surface area contributed by atoms with Gasteiger partial charge < -0.3 is 9.05 Å². The van der Waals surface area contributed by atoms with Gasteiger partial charge in [0, 0.05) is 6.42 Å². The molecule has 0 aliphatic carbocycles. The van der Waals surface area contributed by atoms with E-state index in [1.165, 1.54) is 12.1 Å². The first kappa shape index (κ1) is 20.3. The maximum absolute atomic E-state index is 14.1. The summed E-state index contributed by atoms with van der Waals surface area (Å²) in [5.74, 6) is -1.95. The van der Waals surface area contributed by atoms with E-state index in [1.807, 2.05) is 6.92 Å². The van der Waals surface area contributed by atoms with Crippen LogP contribution in [-0.4, -0.2) is 34.2 Å². The Kier molecular flexibility index (Phi) is 7.83. The van der Waals surface area contributed by atoms with Crippen LogP contribution >= 0.6 is 7.60 Å². The summed E-state index contributed by atoms with van der Waals surface area (Å²) in [4.78, 5) is -0.0173. The molecule has 0 radical (unpaired) electrons. The van der Waals surface area contributed by atoms with Gasteiger partial charge in [0.1, 0.15) is 0 Å². The van der Waals surface area contributed by atoms with E-state index < -0.39 is 36.7 Å². The lowest BCUT2D eigenvalue weighted by Gasteiger charge is -2.20. The zero-order valence-electron chi connectivity index (χ0n) is 13.4. The molecule has 0 amide bonds. The molecule has 6 nitrogen and oxygen atoms in total. The third kappa shape index (κ3) is 5.97. The minimum Gasteiger partial charge on any atom is -0.307 e. The molecule has 0 N–H and O–H groups in total. The standard InChI is InChI=1S/C14H22FO6PS/c1-4-19-22(16,20-5-2)14(15)10-11-21-23(17,18)13-8-6-12(3)7-9-13/h6-9,14H,4-5,10-11H2,1-3H3. The molecule has 0 fully saturated rings. The second-order valence-corrected chi connectivity index (χ2v) is 8.46. The Morgan fingerprint density at radius 3 is 2.13 bits per heavy atom. The molecule has 0 heterocycles. The van der Waals surface area contributed by atoms with Crippen molar-refractivity contribution < 1.29 is 30.6 Å². The highest BCUT2D eigenvalue weighted by molar-refractivity contribution is 7.86. The Morgan fingerprint density at radius 1 is 1.13 bits per heavy atom. The number of hydrogen-bond donors (Lipinski definition) is 0. The second-order valence-electron chi connectivity index (χ2n) is 4.69. The summed E-state index contributed by atoms with van der Waals surface area (Å²) in [6.45, 7) is 4.55. The predicted molar refractivity (Wildman–Crippen MR) is 84.7 cm³/mol. The van der Waals surface area contributed by atoms with Crippen molar-refractivity contribution in [2.45, 2.75) is 38.0 Å². The van der Waals surface area contributed by atoms with E-state index >= 15 is 0 Å². The molecule has 9 heteroatoms. The number of benzene rings is 1. The molecule has 132 valence electrons. The lowest BCUT2D eigenvalue weighted by atomic mass is 10.2. The highest BCUT2D eigenvalue weighted by Crippen LogP contribution is 2.54. The van der Waals surface area contributed by atoms with E-state index in [9.17, 15) is 17.4 Å². The average Bonchev–Trinajstić information content (AvgIpc) is 2.48. The van der Waals surface area contributed by atoms with Crippen LogP contribution in [-0.2, 0) is 27.9 Å². The normalized spacial score (nSPS) is 13.9. The minimum absolute atomic E-state index is 0.0173. The third-order valence-corrected chi connectivity index (χ3v) is 6.37. The monoisotopic (exact) mass is 368 g/mol. The SMILES string of the molecule is CCOP(=O)(OCC)C(F)CCOS(=O)(=O)c1ccc(C)cc1. The van der Waals surface area contributed by atoms with Crippen molar-refractivity contribution in [1.29, 1.82) is 0 Å². The molecule has 0 saturated heterocycles. The number of aryl methyl sites for hydroxylation is 1. The van der Waals surface area contributed by atoms with Gasteiger partial charge >= 0.3 is 7.60 Å². The Bertz CT molecular complexity index is 621. The summed E-state index contributed by atoms with van der Waals surface area (Å²) in [5.41, 5.74) is 0.905. The summed E-state index contributed by atoms with van der Waals surface area (Å²) >= 11 is 0. The van der Waals surface area contributed by atoms with Gasteiger partial charge in [-0.3, -0.25) is 8.75 Å². The van der Waals surface area contributed by atoms with Crippen LogP contribution in [0.1, 0.15) is 25.8 Å². The van der Waals surface area contributed by atoms with Gasteiger partial charge in [-0.25, -0.2) is 4.39 Å². The van der Waals surface area contributed by atoms with Crippen LogP contribution in [0, 0.1) is 6.92 Å². The molecule has 23 heavy (non-hydrogen) atoms. The molecule has 0 aromatic heterocycles. The fraction of sp³-hybridized carbons (Fsp3) is 0.571. The first-order valence-electron chi connectivity index (χ1n) is 7.24. The van der Waals surface area contributed by atoms with Crippen molar-refractivity contribution in [3.63, 3.8) is 0 Å². The van der Waals surface area contributed by atoms with Crippen LogP contribution in [0.3, 0.4) is 0 Å². The molecule has 0 aliphatic rings. The Hall–Kier alpha value is -0.790. The van der Waals surface area contributed by atoms with E-state index in [-0.39, 0.29) is 18.1 Å². The van der Waals surface area contributed by atoms with Gasteiger partial charge in [-0.1, -0.05) is 17.7 Å². The summed E-state index contributed by atoms with van der Waals surface area (Å²) in [5, 5.41) is 0. The van der Waals surface area contributed by atoms with Crippen molar-refractivity contribution in [3.8, 4) is 0 Å². The fourth-order valence-corrected chi connectivity index (χ4v) is 4.21. The van der Waals surface area contributed by atoms with Gasteiger partial charge in [0.2, 0.25) is 5.91 Å². The maximum atomic E-state index is 14.1. The molecule has 0 saturated carbocycles. The van der Waals surface area contributed by atoms with Crippen LogP contribution in [0.4, 0.5) is 4.39 Å². The molecule has 1 atom stereocenters. The molecule has 0 bridgehead atoms. The molecule has 0 spiro atoms. The van der Waals surface area contributed by atoms with Crippen molar-refractivity contribution in [2.24, 2.45) is 0 Å². The van der Waals surface area contributed by atoms with Gasteiger partial charge in [0.15, 0.2) is 0 Å². The average molecular weight is 368 g/mol. The van der Waals surface area contributed by atoms with Crippen molar-refractivity contribution in [3.05, 3.63) is 29.8 Å². The molecule has 1 rings (SSSR count). The van der Waals surface area contributed by atoms with Crippen LogP contribution in [0.5, 0.6) is 0 Å². The van der Waals surface area contributed by atoms with E-state index in [0.717, 1.165) is 5.56 Å². The highest BCUT2D eigenvalue weighted by Gasteiger charge is 2.35. The highest BCUT2D eigenvalue weighted by atomic mass is 32.2. The van der Waals surface area contributed by atoms with E-state index in [1.54, 1.807) is 26.0 Å². The van der Waals surface area contributed by atoms with Crippen LogP contribution in [0.25, 0.3) is 0 Å². The van der Waals surface area contributed by atoms with E-state index in [0.29, 0.717) is 0 Å².